The Morgan fingerprint density at radius 2 is 1.75 bits per heavy atom. The molecule has 1 aliphatic heterocycles. The van der Waals surface area contributed by atoms with Crippen molar-refractivity contribution in [3.63, 3.8) is 0 Å². The van der Waals surface area contributed by atoms with Gasteiger partial charge < -0.3 is 24.2 Å². The zero-order valence-corrected chi connectivity index (χ0v) is 30.6. The number of aryl methyl sites for hydroxylation is 1. The number of halogens is 3. The number of carboxylic acid groups (broad SMARTS) is 1. The smallest absolute Gasteiger partial charge is 0.416 e. The zero-order valence-electron chi connectivity index (χ0n) is 30.6. The van der Waals surface area contributed by atoms with Gasteiger partial charge in [-0.2, -0.15) is 22.8 Å². The fourth-order valence-electron chi connectivity index (χ4n) is 6.43. The van der Waals surface area contributed by atoms with Gasteiger partial charge in [0, 0.05) is 42.4 Å². The van der Waals surface area contributed by atoms with E-state index >= 15 is 0 Å². The average Bonchev–Trinajstić information content (AvgIpc) is 3.49. The SMILES string of the molecule is C=CCOC1(C)CCN(c2c(C(OC(C)(C)C)C(=O)O)c(C)nc3cc(-c4cccc(-c5cc(C(F)(F)F)ccc5OC(C)CC=C)c4)nn23)CC1. The lowest BCUT2D eigenvalue weighted by atomic mass is 9.92. The molecular weight excluding hydrogens is 673 g/mol. The Hall–Kier alpha value is -4.68. The minimum absolute atomic E-state index is 0.284. The monoisotopic (exact) mass is 720 g/mol. The van der Waals surface area contributed by atoms with Crippen molar-refractivity contribution in [1.82, 2.24) is 14.6 Å². The fraction of sp³-hybridized carbons (Fsp3) is 0.425. The summed E-state index contributed by atoms with van der Waals surface area (Å²) in [5, 5.41) is 15.4. The van der Waals surface area contributed by atoms with Gasteiger partial charge >= 0.3 is 12.1 Å². The first-order valence-corrected chi connectivity index (χ1v) is 17.3. The Morgan fingerprint density at radius 1 is 1.06 bits per heavy atom. The summed E-state index contributed by atoms with van der Waals surface area (Å²) in [6.07, 6.45) is -0.928. The van der Waals surface area contributed by atoms with E-state index in [1.54, 1.807) is 68.6 Å². The topological polar surface area (TPSA) is 98.4 Å². The maximum absolute atomic E-state index is 13.9. The standard InChI is InChI=1S/C40H47F3N4O5/c1-9-12-25(3)51-32-16-15-29(40(41,42)43)23-30(32)27-13-11-14-28(22-27)31-24-33-44-26(4)34(35(37(48)49)52-38(5,6)7)36(47(33)45-31)46-19-17-39(8,18-20-46)50-21-10-2/h9-11,13-16,22-25,35H,1-2,12,17-21H2,3-8H3,(H,48,49). The number of hydrogen-bond donors (Lipinski definition) is 1. The number of nitrogens with zero attached hydrogens (tertiary/aromatic N) is 4. The van der Waals surface area contributed by atoms with Crippen LogP contribution in [0.4, 0.5) is 19.0 Å². The van der Waals surface area contributed by atoms with Gasteiger partial charge in [-0.3, -0.25) is 0 Å². The van der Waals surface area contributed by atoms with E-state index < -0.39 is 29.4 Å². The van der Waals surface area contributed by atoms with Gasteiger partial charge in [-0.1, -0.05) is 30.4 Å². The summed E-state index contributed by atoms with van der Waals surface area (Å²) in [6, 6.07) is 12.3. The van der Waals surface area contributed by atoms with E-state index in [2.05, 4.69) is 25.0 Å². The van der Waals surface area contributed by atoms with Crippen molar-refractivity contribution in [1.29, 1.82) is 0 Å². The molecule has 3 heterocycles. The number of hydrogen-bond acceptors (Lipinski definition) is 7. The van der Waals surface area contributed by atoms with Crippen LogP contribution >= 0.6 is 0 Å². The molecule has 4 aromatic rings. The first-order chi connectivity index (χ1) is 24.4. The van der Waals surface area contributed by atoms with Gasteiger partial charge in [-0.15, -0.1) is 13.2 Å². The van der Waals surface area contributed by atoms with Crippen LogP contribution in [-0.4, -0.2) is 62.7 Å². The fourth-order valence-corrected chi connectivity index (χ4v) is 6.43. The largest absolute Gasteiger partial charge is 0.490 e. The Bertz CT molecular complexity index is 1940. The van der Waals surface area contributed by atoms with E-state index in [0.717, 1.165) is 12.1 Å². The van der Waals surface area contributed by atoms with Gasteiger partial charge in [0.05, 0.1) is 40.7 Å². The minimum atomic E-state index is -4.55. The number of aromatic nitrogens is 3. The lowest BCUT2D eigenvalue weighted by Crippen LogP contribution is -2.45. The van der Waals surface area contributed by atoms with Crippen LogP contribution in [0.15, 0.2) is 73.8 Å². The molecule has 2 aromatic heterocycles. The number of alkyl halides is 3. The Balaban J connectivity index is 1.65. The highest BCUT2D eigenvalue weighted by molar-refractivity contribution is 5.80. The maximum atomic E-state index is 13.9. The molecule has 0 amide bonds. The van der Waals surface area contributed by atoms with Gasteiger partial charge in [0.25, 0.3) is 0 Å². The molecule has 0 bridgehead atoms. The first-order valence-electron chi connectivity index (χ1n) is 17.3. The second kappa shape index (κ2) is 15.1. The highest BCUT2D eigenvalue weighted by Crippen LogP contribution is 2.41. The molecule has 1 saturated heterocycles. The number of aliphatic carboxylic acids is 1. The molecule has 1 N–H and O–H groups in total. The van der Waals surface area contributed by atoms with Crippen molar-refractivity contribution in [3.05, 3.63) is 90.7 Å². The number of carboxylic acids is 1. The number of carbonyl (C=O) groups is 1. The van der Waals surface area contributed by atoms with Crippen LogP contribution in [0.1, 0.15) is 76.8 Å². The number of piperidine rings is 1. The molecule has 2 atom stereocenters. The third kappa shape index (κ3) is 8.67. The Morgan fingerprint density at radius 3 is 2.37 bits per heavy atom. The summed E-state index contributed by atoms with van der Waals surface area (Å²) in [7, 11) is 0. The molecule has 0 saturated carbocycles. The van der Waals surface area contributed by atoms with Gasteiger partial charge in [-0.05, 0) is 84.2 Å². The second-order valence-electron chi connectivity index (χ2n) is 14.5. The van der Waals surface area contributed by atoms with E-state index in [4.69, 9.17) is 24.3 Å². The van der Waals surface area contributed by atoms with Crippen molar-refractivity contribution in [3.8, 4) is 28.1 Å². The first kappa shape index (κ1) is 38.5. The van der Waals surface area contributed by atoms with Crippen LogP contribution in [0.2, 0.25) is 0 Å². The predicted molar refractivity (Wildman–Crippen MR) is 196 cm³/mol. The summed E-state index contributed by atoms with van der Waals surface area (Å²) in [5.41, 5.74) is 1.31. The van der Waals surface area contributed by atoms with Crippen molar-refractivity contribution in [2.45, 2.75) is 90.4 Å². The van der Waals surface area contributed by atoms with Crippen LogP contribution in [0.5, 0.6) is 5.75 Å². The number of fused-ring (bicyclic) bond motifs is 1. The van der Waals surface area contributed by atoms with E-state index in [1.807, 2.05) is 13.0 Å². The molecule has 2 aromatic carbocycles. The molecule has 5 rings (SSSR count). The van der Waals surface area contributed by atoms with Gasteiger partial charge in [0.15, 0.2) is 11.8 Å². The predicted octanol–water partition coefficient (Wildman–Crippen LogP) is 9.24. The summed E-state index contributed by atoms with van der Waals surface area (Å²) < 4.78 is 61.6. The summed E-state index contributed by atoms with van der Waals surface area (Å²) in [4.78, 5) is 19.7. The minimum Gasteiger partial charge on any atom is -0.490 e. The maximum Gasteiger partial charge on any atom is 0.416 e. The van der Waals surface area contributed by atoms with Crippen molar-refractivity contribution in [2.75, 3.05) is 24.6 Å². The number of ether oxygens (including phenoxy) is 3. The quantitative estimate of drug-likeness (QED) is 0.137. The van der Waals surface area contributed by atoms with Crippen molar-refractivity contribution < 1.29 is 37.3 Å². The molecule has 52 heavy (non-hydrogen) atoms. The molecule has 278 valence electrons. The summed E-state index contributed by atoms with van der Waals surface area (Å²) in [6.45, 7) is 20.1. The lowest BCUT2D eigenvalue weighted by Gasteiger charge is -2.41. The summed E-state index contributed by atoms with van der Waals surface area (Å²) in [5.74, 6) is -0.290. The van der Waals surface area contributed by atoms with Crippen LogP contribution in [0.25, 0.3) is 28.0 Å². The number of anilines is 1. The van der Waals surface area contributed by atoms with Crippen LogP contribution < -0.4 is 9.64 Å². The molecule has 1 aliphatic rings. The number of benzene rings is 2. The molecule has 9 nitrogen and oxygen atoms in total. The van der Waals surface area contributed by atoms with Gasteiger partial charge in [0.2, 0.25) is 0 Å². The van der Waals surface area contributed by atoms with Crippen LogP contribution in [0, 0.1) is 6.92 Å². The molecular formula is C40H47F3N4O5. The average molecular weight is 721 g/mol. The van der Waals surface area contributed by atoms with Gasteiger partial charge in [0.1, 0.15) is 11.6 Å². The molecule has 1 fully saturated rings. The van der Waals surface area contributed by atoms with Crippen LogP contribution in [0.3, 0.4) is 0 Å². The molecule has 2 unspecified atom stereocenters. The lowest BCUT2D eigenvalue weighted by molar-refractivity contribution is -0.160. The molecule has 0 radical (unpaired) electrons. The third-order valence-corrected chi connectivity index (χ3v) is 9.04. The van der Waals surface area contributed by atoms with E-state index in [-0.39, 0.29) is 17.3 Å². The highest BCUT2D eigenvalue weighted by atomic mass is 19.4. The Kier molecular flexibility index (Phi) is 11.2. The van der Waals surface area contributed by atoms with Crippen molar-refractivity contribution >= 4 is 17.4 Å². The molecule has 0 spiro atoms. The van der Waals surface area contributed by atoms with Crippen molar-refractivity contribution in [2.24, 2.45) is 0 Å². The normalized spacial score (nSPS) is 16.1. The molecule has 0 aliphatic carbocycles. The third-order valence-electron chi connectivity index (χ3n) is 9.04. The summed E-state index contributed by atoms with van der Waals surface area (Å²) >= 11 is 0. The van der Waals surface area contributed by atoms with E-state index in [9.17, 15) is 23.1 Å². The molecule has 12 heteroatoms. The second-order valence-corrected chi connectivity index (χ2v) is 14.5. The van der Waals surface area contributed by atoms with E-state index in [1.165, 1.54) is 6.07 Å². The Labute approximate surface area is 302 Å². The van der Waals surface area contributed by atoms with E-state index in [0.29, 0.717) is 84.3 Å². The highest BCUT2D eigenvalue weighted by Gasteiger charge is 2.38. The van der Waals surface area contributed by atoms with Crippen LogP contribution in [-0.2, 0) is 20.4 Å². The van der Waals surface area contributed by atoms with Gasteiger partial charge in [-0.25, -0.2) is 9.78 Å². The zero-order chi connectivity index (χ0) is 38.0. The number of rotatable bonds is 13.